The van der Waals surface area contributed by atoms with Crippen LogP contribution in [0.4, 0.5) is 5.82 Å². The first-order valence-corrected chi connectivity index (χ1v) is 7.84. The number of nitrogens with one attached hydrogen (secondary N) is 1. The Morgan fingerprint density at radius 1 is 1.48 bits per heavy atom. The molecule has 0 amide bonds. The molecule has 0 aromatic carbocycles. The molecule has 21 heavy (non-hydrogen) atoms. The summed E-state index contributed by atoms with van der Waals surface area (Å²) >= 11 is 0. The molecular formula is C16H25N3O2. The van der Waals surface area contributed by atoms with Crippen LogP contribution in [0.3, 0.4) is 0 Å². The van der Waals surface area contributed by atoms with Crippen LogP contribution in [0.1, 0.15) is 38.7 Å². The summed E-state index contributed by atoms with van der Waals surface area (Å²) < 4.78 is 5.22. The van der Waals surface area contributed by atoms with Crippen molar-refractivity contribution in [3.8, 4) is 0 Å². The molecule has 116 valence electrons. The number of esters is 1. The largest absolute Gasteiger partial charge is 0.465 e. The van der Waals surface area contributed by atoms with Crippen molar-refractivity contribution < 1.29 is 9.53 Å². The number of likely N-dealkylation sites (tertiary alicyclic amines) is 1. The molecule has 1 aromatic rings. The lowest BCUT2D eigenvalue weighted by molar-refractivity contribution is -0.151. The molecule has 1 aliphatic heterocycles. The third-order valence-electron chi connectivity index (χ3n) is 3.78. The highest BCUT2D eigenvalue weighted by atomic mass is 16.5. The Morgan fingerprint density at radius 2 is 2.33 bits per heavy atom. The van der Waals surface area contributed by atoms with E-state index in [-0.39, 0.29) is 12.0 Å². The molecule has 1 aromatic heterocycles. The summed E-state index contributed by atoms with van der Waals surface area (Å²) in [5.41, 5.74) is 1.13. The molecule has 0 spiro atoms. The second-order valence-corrected chi connectivity index (χ2v) is 5.28. The minimum absolute atomic E-state index is 0.0916. The molecule has 1 N–H and O–H groups in total. The maximum Gasteiger partial charge on any atom is 0.323 e. The van der Waals surface area contributed by atoms with Gasteiger partial charge in [0.15, 0.2) is 0 Å². The quantitative estimate of drug-likeness (QED) is 0.816. The highest BCUT2D eigenvalue weighted by Crippen LogP contribution is 2.23. The normalized spacial score (nSPS) is 19.2. The number of hydrogen-bond donors (Lipinski definition) is 1. The van der Waals surface area contributed by atoms with Crippen LogP contribution in [0, 0.1) is 0 Å². The molecule has 1 unspecified atom stereocenters. The van der Waals surface area contributed by atoms with Crippen molar-refractivity contribution in [3.63, 3.8) is 0 Å². The third kappa shape index (κ3) is 4.17. The highest BCUT2D eigenvalue weighted by Gasteiger charge is 2.30. The van der Waals surface area contributed by atoms with Gasteiger partial charge < -0.3 is 10.1 Å². The molecule has 0 saturated carbocycles. The molecule has 0 bridgehead atoms. The molecule has 5 heteroatoms. The van der Waals surface area contributed by atoms with Gasteiger partial charge in [0.2, 0.25) is 0 Å². The first-order chi connectivity index (χ1) is 10.3. The van der Waals surface area contributed by atoms with E-state index >= 15 is 0 Å². The highest BCUT2D eigenvalue weighted by molar-refractivity contribution is 5.75. The summed E-state index contributed by atoms with van der Waals surface area (Å²) in [7, 11) is 0. The van der Waals surface area contributed by atoms with Gasteiger partial charge in [0, 0.05) is 24.8 Å². The zero-order chi connectivity index (χ0) is 15.1. The van der Waals surface area contributed by atoms with E-state index in [9.17, 15) is 4.79 Å². The van der Waals surface area contributed by atoms with Crippen LogP contribution in [0.5, 0.6) is 0 Å². The Kier molecular flexibility index (Phi) is 5.99. The lowest BCUT2D eigenvalue weighted by Crippen LogP contribution is -2.45. The van der Waals surface area contributed by atoms with E-state index in [0.29, 0.717) is 6.61 Å². The molecule has 0 radical (unpaired) electrons. The summed E-state index contributed by atoms with van der Waals surface area (Å²) in [5.74, 6) is 0.819. The van der Waals surface area contributed by atoms with Gasteiger partial charge in [0.25, 0.3) is 0 Å². The van der Waals surface area contributed by atoms with Crippen molar-refractivity contribution in [2.75, 3.05) is 25.0 Å². The van der Waals surface area contributed by atoms with Gasteiger partial charge >= 0.3 is 5.97 Å². The average Bonchev–Trinajstić information content (AvgIpc) is 2.50. The molecule has 1 atom stereocenters. The lowest BCUT2D eigenvalue weighted by Gasteiger charge is -2.34. The molecule has 1 saturated heterocycles. The molecule has 1 fully saturated rings. The number of carbonyl (C=O) groups is 1. The zero-order valence-corrected chi connectivity index (χ0v) is 13.0. The van der Waals surface area contributed by atoms with Crippen LogP contribution in [0.15, 0.2) is 18.3 Å². The topological polar surface area (TPSA) is 54.5 Å². The van der Waals surface area contributed by atoms with Crippen molar-refractivity contribution in [1.29, 1.82) is 0 Å². The molecule has 2 rings (SSSR count). The molecule has 2 heterocycles. The number of pyridine rings is 1. The Labute approximate surface area is 126 Å². The fraction of sp³-hybridized carbons (Fsp3) is 0.625. The number of carbonyl (C=O) groups excluding carboxylic acids is 1. The number of ether oxygens (including phenoxy) is 1. The fourth-order valence-electron chi connectivity index (χ4n) is 2.80. The lowest BCUT2D eigenvalue weighted by atomic mass is 10.0. The SMILES string of the molecule is CCNc1ncccc1CN1CCCCC1C(=O)OCC. The number of hydrogen-bond acceptors (Lipinski definition) is 5. The Morgan fingerprint density at radius 3 is 3.10 bits per heavy atom. The smallest absolute Gasteiger partial charge is 0.323 e. The molecule has 1 aliphatic rings. The number of rotatable bonds is 6. The van der Waals surface area contributed by atoms with E-state index < -0.39 is 0 Å². The third-order valence-corrected chi connectivity index (χ3v) is 3.78. The average molecular weight is 291 g/mol. The van der Waals surface area contributed by atoms with Crippen LogP contribution < -0.4 is 5.32 Å². The van der Waals surface area contributed by atoms with Crippen LogP contribution >= 0.6 is 0 Å². The first kappa shape index (κ1) is 15.8. The van der Waals surface area contributed by atoms with Crippen LogP contribution in [-0.4, -0.2) is 41.6 Å². The minimum atomic E-state index is -0.117. The number of anilines is 1. The Hall–Kier alpha value is -1.62. The van der Waals surface area contributed by atoms with Crippen molar-refractivity contribution >= 4 is 11.8 Å². The second kappa shape index (κ2) is 7.98. The maximum absolute atomic E-state index is 12.1. The minimum Gasteiger partial charge on any atom is -0.465 e. The predicted molar refractivity (Wildman–Crippen MR) is 83.1 cm³/mol. The van der Waals surface area contributed by atoms with Crippen molar-refractivity contribution in [3.05, 3.63) is 23.9 Å². The van der Waals surface area contributed by atoms with Crippen molar-refractivity contribution in [2.45, 2.75) is 45.7 Å². The summed E-state index contributed by atoms with van der Waals surface area (Å²) in [6.07, 6.45) is 4.90. The van der Waals surface area contributed by atoms with Gasteiger partial charge in [0.1, 0.15) is 11.9 Å². The standard InChI is InChI=1S/C16H25N3O2/c1-3-17-15-13(8-7-10-18-15)12-19-11-6-5-9-14(19)16(20)21-4-2/h7-8,10,14H,3-6,9,11-12H2,1-2H3,(H,17,18). The maximum atomic E-state index is 12.1. The van der Waals surface area contributed by atoms with E-state index in [1.54, 1.807) is 6.20 Å². The van der Waals surface area contributed by atoms with Gasteiger partial charge in [-0.15, -0.1) is 0 Å². The van der Waals surface area contributed by atoms with E-state index in [2.05, 4.69) is 28.2 Å². The van der Waals surface area contributed by atoms with E-state index in [0.717, 1.165) is 50.3 Å². The monoisotopic (exact) mass is 291 g/mol. The van der Waals surface area contributed by atoms with Crippen LogP contribution in [0.25, 0.3) is 0 Å². The number of piperidine rings is 1. The van der Waals surface area contributed by atoms with E-state index in [4.69, 9.17) is 4.74 Å². The van der Waals surface area contributed by atoms with Crippen LogP contribution in [-0.2, 0) is 16.1 Å². The van der Waals surface area contributed by atoms with Gasteiger partial charge in [-0.05, 0) is 39.3 Å². The van der Waals surface area contributed by atoms with Crippen molar-refractivity contribution in [2.24, 2.45) is 0 Å². The zero-order valence-electron chi connectivity index (χ0n) is 13.0. The van der Waals surface area contributed by atoms with Gasteiger partial charge in [-0.1, -0.05) is 12.5 Å². The van der Waals surface area contributed by atoms with Gasteiger partial charge in [-0.25, -0.2) is 4.98 Å². The number of nitrogens with zero attached hydrogens (tertiary/aromatic N) is 2. The Bertz CT molecular complexity index is 465. The molecular weight excluding hydrogens is 266 g/mol. The van der Waals surface area contributed by atoms with E-state index in [1.165, 1.54) is 0 Å². The number of aromatic nitrogens is 1. The predicted octanol–water partition coefficient (Wildman–Crippen LogP) is 2.43. The van der Waals surface area contributed by atoms with Gasteiger partial charge in [-0.3, -0.25) is 9.69 Å². The molecule has 0 aliphatic carbocycles. The molecule has 5 nitrogen and oxygen atoms in total. The summed E-state index contributed by atoms with van der Waals surface area (Å²) in [5, 5.41) is 3.28. The van der Waals surface area contributed by atoms with Gasteiger partial charge in [0.05, 0.1) is 6.61 Å². The summed E-state index contributed by atoms with van der Waals surface area (Å²) in [6, 6.07) is 3.90. The summed E-state index contributed by atoms with van der Waals surface area (Å²) in [4.78, 5) is 18.7. The fourth-order valence-corrected chi connectivity index (χ4v) is 2.80. The second-order valence-electron chi connectivity index (χ2n) is 5.28. The summed E-state index contributed by atoms with van der Waals surface area (Å²) in [6.45, 7) is 6.86. The Balaban J connectivity index is 2.10. The van der Waals surface area contributed by atoms with E-state index in [1.807, 2.05) is 13.0 Å². The van der Waals surface area contributed by atoms with Crippen LogP contribution in [0.2, 0.25) is 0 Å². The van der Waals surface area contributed by atoms with Crippen molar-refractivity contribution in [1.82, 2.24) is 9.88 Å². The first-order valence-electron chi connectivity index (χ1n) is 7.84. The van der Waals surface area contributed by atoms with Gasteiger partial charge in [-0.2, -0.15) is 0 Å².